The topological polar surface area (TPSA) is 77.2 Å². The van der Waals surface area contributed by atoms with Crippen LogP contribution in [0.25, 0.3) is 0 Å². The molecule has 1 aromatic carbocycles. The smallest absolute Gasteiger partial charge is 0.230 e. The highest BCUT2D eigenvalue weighted by molar-refractivity contribution is 5.44. The van der Waals surface area contributed by atoms with Gasteiger partial charge in [-0.25, -0.2) is 0 Å². The summed E-state index contributed by atoms with van der Waals surface area (Å²) in [7, 11) is 3.71. The van der Waals surface area contributed by atoms with Gasteiger partial charge in [0.15, 0.2) is 5.82 Å². The summed E-state index contributed by atoms with van der Waals surface area (Å²) in [6, 6.07) is 4.13. The Kier molecular flexibility index (Phi) is 4.26. The Balaban J connectivity index is 2.23. The minimum Gasteiger partial charge on any atom is -0.485 e. The van der Waals surface area contributed by atoms with E-state index < -0.39 is 0 Å². The van der Waals surface area contributed by atoms with Gasteiger partial charge >= 0.3 is 0 Å². The fraction of sp³-hybridized carbons (Fsp3) is 0.400. The molecule has 0 aliphatic heterocycles. The molecule has 21 heavy (non-hydrogen) atoms. The van der Waals surface area contributed by atoms with Crippen LogP contribution in [0.4, 0.5) is 11.9 Å². The van der Waals surface area contributed by atoms with Crippen molar-refractivity contribution in [3.8, 4) is 5.75 Å². The lowest BCUT2D eigenvalue weighted by Crippen LogP contribution is -2.17. The van der Waals surface area contributed by atoms with Crippen molar-refractivity contribution in [2.75, 3.05) is 24.7 Å². The third-order valence-electron chi connectivity index (χ3n) is 3.31. The normalized spacial score (nSPS) is 10.5. The molecule has 112 valence electrons. The summed E-state index contributed by atoms with van der Waals surface area (Å²) >= 11 is 0. The predicted molar refractivity (Wildman–Crippen MR) is 83.6 cm³/mol. The summed E-state index contributed by atoms with van der Waals surface area (Å²) in [5, 5.41) is 0. The standard InChI is InChI=1S/C15H21N5O/c1-9-6-7-10(2)13(11(9)3)21-8-12-17-14(16)19-15(18-12)20(4)5/h6-7H,8H2,1-5H3,(H2,16,17,18,19). The molecule has 0 saturated carbocycles. The zero-order valence-corrected chi connectivity index (χ0v) is 13.1. The van der Waals surface area contributed by atoms with Crippen molar-refractivity contribution in [1.29, 1.82) is 0 Å². The maximum Gasteiger partial charge on any atom is 0.230 e. The van der Waals surface area contributed by atoms with Crippen LogP contribution in [0, 0.1) is 20.8 Å². The number of hydrogen-bond donors (Lipinski definition) is 1. The van der Waals surface area contributed by atoms with Gasteiger partial charge in [-0.3, -0.25) is 0 Å². The molecule has 0 fully saturated rings. The number of nitrogens with zero attached hydrogens (tertiary/aromatic N) is 4. The maximum absolute atomic E-state index is 5.90. The summed E-state index contributed by atoms with van der Waals surface area (Å²) in [5.41, 5.74) is 9.12. The van der Waals surface area contributed by atoms with Crippen LogP contribution in [-0.4, -0.2) is 29.0 Å². The van der Waals surface area contributed by atoms with Gasteiger partial charge in [0, 0.05) is 14.1 Å². The van der Waals surface area contributed by atoms with Gasteiger partial charge in [0.25, 0.3) is 0 Å². The largest absolute Gasteiger partial charge is 0.485 e. The molecule has 2 rings (SSSR count). The van der Waals surface area contributed by atoms with Gasteiger partial charge in [-0.1, -0.05) is 12.1 Å². The molecule has 0 spiro atoms. The molecule has 0 saturated heterocycles. The number of anilines is 2. The SMILES string of the molecule is Cc1ccc(C)c(OCc2nc(N)nc(N(C)C)n2)c1C. The molecule has 0 amide bonds. The summed E-state index contributed by atoms with van der Waals surface area (Å²) in [5.74, 6) is 2.12. The molecule has 0 aliphatic rings. The quantitative estimate of drug-likeness (QED) is 0.927. The van der Waals surface area contributed by atoms with Gasteiger partial charge in [0.1, 0.15) is 12.4 Å². The van der Waals surface area contributed by atoms with Gasteiger partial charge in [0.05, 0.1) is 0 Å². The van der Waals surface area contributed by atoms with Gasteiger partial charge in [-0.2, -0.15) is 15.0 Å². The van der Waals surface area contributed by atoms with Gasteiger partial charge in [0.2, 0.25) is 11.9 Å². The molecule has 0 unspecified atom stereocenters. The average Bonchev–Trinajstić information content (AvgIpc) is 2.42. The molecule has 1 heterocycles. The zero-order valence-electron chi connectivity index (χ0n) is 13.1. The van der Waals surface area contributed by atoms with Crippen LogP contribution in [0.5, 0.6) is 5.75 Å². The molecule has 2 N–H and O–H groups in total. The van der Waals surface area contributed by atoms with Crippen molar-refractivity contribution >= 4 is 11.9 Å². The summed E-state index contributed by atoms with van der Waals surface area (Å²) in [4.78, 5) is 14.3. The van der Waals surface area contributed by atoms with Crippen molar-refractivity contribution in [1.82, 2.24) is 15.0 Å². The third-order valence-corrected chi connectivity index (χ3v) is 3.31. The maximum atomic E-state index is 5.90. The second-order valence-corrected chi connectivity index (χ2v) is 5.25. The Morgan fingerprint density at radius 3 is 2.38 bits per heavy atom. The van der Waals surface area contributed by atoms with E-state index in [1.54, 1.807) is 4.90 Å². The minimum absolute atomic E-state index is 0.199. The number of aromatic nitrogens is 3. The van der Waals surface area contributed by atoms with Crippen molar-refractivity contribution in [2.24, 2.45) is 0 Å². The van der Waals surface area contributed by atoms with E-state index in [0.717, 1.165) is 16.9 Å². The zero-order chi connectivity index (χ0) is 15.6. The monoisotopic (exact) mass is 287 g/mol. The fourth-order valence-electron chi connectivity index (χ4n) is 1.97. The van der Waals surface area contributed by atoms with Crippen LogP contribution >= 0.6 is 0 Å². The molecule has 0 radical (unpaired) electrons. The molecule has 0 aliphatic carbocycles. The van der Waals surface area contributed by atoms with Crippen LogP contribution in [0.2, 0.25) is 0 Å². The van der Waals surface area contributed by atoms with Crippen molar-refractivity contribution in [2.45, 2.75) is 27.4 Å². The number of rotatable bonds is 4. The fourth-order valence-corrected chi connectivity index (χ4v) is 1.97. The Bertz CT molecular complexity index is 655. The third kappa shape index (κ3) is 3.39. The molecular formula is C15H21N5O. The minimum atomic E-state index is 0.199. The Labute approximate surface area is 125 Å². The predicted octanol–water partition coefficient (Wildman–Crippen LogP) is 2.02. The van der Waals surface area contributed by atoms with Crippen LogP contribution in [0.1, 0.15) is 22.5 Å². The van der Waals surface area contributed by atoms with Crippen LogP contribution in [-0.2, 0) is 6.61 Å². The first-order valence-electron chi connectivity index (χ1n) is 6.76. The molecule has 6 heteroatoms. The van der Waals surface area contributed by atoms with Crippen LogP contribution in [0.15, 0.2) is 12.1 Å². The number of hydrogen-bond acceptors (Lipinski definition) is 6. The lowest BCUT2D eigenvalue weighted by Gasteiger charge is -2.15. The number of ether oxygens (including phenoxy) is 1. The van der Waals surface area contributed by atoms with E-state index in [1.807, 2.05) is 34.0 Å². The Morgan fingerprint density at radius 1 is 1.05 bits per heavy atom. The highest BCUT2D eigenvalue weighted by Gasteiger charge is 2.10. The van der Waals surface area contributed by atoms with E-state index in [9.17, 15) is 0 Å². The van der Waals surface area contributed by atoms with E-state index in [4.69, 9.17) is 10.5 Å². The average molecular weight is 287 g/mol. The van der Waals surface area contributed by atoms with Crippen LogP contribution < -0.4 is 15.4 Å². The first-order chi connectivity index (χ1) is 9.88. The molecular weight excluding hydrogens is 266 g/mol. The van der Waals surface area contributed by atoms with Gasteiger partial charge < -0.3 is 15.4 Å². The number of nitrogen functional groups attached to an aromatic ring is 1. The molecule has 0 atom stereocenters. The second kappa shape index (κ2) is 5.95. The summed E-state index contributed by atoms with van der Waals surface area (Å²) < 4.78 is 5.90. The molecule has 1 aromatic heterocycles. The Hall–Kier alpha value is -2.37. The van der Waals surface area contributed by atoms with Gasteiger partial charge in [-0.05, 0) is 37.5 Å². The number of benzene rings is 1. The summed E-state index contributed by atoms with van der Waals surface area (Å²) in [6.07, 6.45) is 0. The van der Waals surface area contributed by atoms with Crippen molar-refractivity contribution in [3.05, 3.63) is 34.6 Å². The first-order valence-corrected chi connectivity index (χ1v) is 6.76. The number of nitrogens with two attached hydrogens (primary N) is 1. The van der Waals surface area contributed by atoms with Crippen molar-refractivity contribution < 1.29 is 4.74 Å². The molecule has 2 aromatic rings. The second-order valence-electron chi connectivity index (χ2n) is 5.25. The van der Waals surface area contributed by atoms with E-state index in [2.05, 4.69) is 27.9 Å². The lowest BCUT2D eigenvalue weighted by atomic mass is 10.1. The molecule has 6 nitrogen and oxygen atoms in total. The van der Waals surface area contributed by atoms with E-state index >= 15 is 0 Å². The highest BCUT2D eigenvalue weighted by atomic mass is 16.5. The van der Waals surface area contributed by atoms with Gasteiger partial charge in [-0.15, -0.1) is 0 Å². The highest BCUT2D eigenvalue weighted by Crippen LogP contribution is 2.26. The summed E-state index contributed by atoms with van der Waals surface area (Å²) in [6.45, 7) is 6.39. The lowest BCUT2D eigenvalue weighted by molar-refractivity contribution is 0.291. The van der Waals surface area contributed by atoms with E-state index in [0.29, 0.717) is 11.8 Å². The molecule has 0 bridgehead atoms. The van der Waals surface area contributed by atoms with E-state index in [-0.39, 0.29) is 12.6 Å². The number of aryl methyl sites for hydroxylation is 2. The van der Waals surface area contributed by atoms with Crippen LogP contribution in [0.3, 0.4) is 0 Å². The van der Waals surface area contributed by atoms with Crippen molar-refractivity contribution in [3.63, 3.8) is 0 Å². The van der Waals surface area contributed by atoms with E-state index in [1.165, 1.54) is 5.56 Å². The first kappa shape index (κ1) is 15.0. The Morgan fingerprint density at radius 2 is 1.71 bits per heavy atom.